The van der Waals surface area contributed by atoms with E-state index in [2.05, 4.69) is 5.32 Å². The average molecular weight is 564 g/mol. The third-order valence-corrected chi connectivity index (χ3v) is 6.52. The summed E-state index contributed by atoms with van der Waals surface area (Å²) < 4.78 is 11.5. The van der Waals surface area contributed by atoms with Gasteiger partial charge in [-0.15, -0.1) is 0 Å². The molecule has 0 heterocycles. The number of carbonyl (C=O) groups is 1. The van der Waals surface area contributed by atoms with Crippen molar-refractivity contribution in [2.24, 2.45) is 0 Å². The van der Waals surface area contributed by atoms with Crippen LogP contribution in [0, 0.1) is 11.3 Å². The fourth-order valence-electron chi connectivity index (χ4n) is 3.38. The number of benzene rings is 4. The van der Waals surface area contributed by atoms with Crippen molar-refractivity contribution in [3.63, 3.8) is 0 Å². The Kier molecular flexibility index (Phi) is 9.29. The van der Waals surface area contributed by atoms with Crippen LogP contribution in [-0.2, 0) is 18.0 Å². The molecule has 0 spiro atoms. The number of hydrogen-bond donors (Lipinski definition) is 1. The number of nitrogens with one attached hydrogen (secondary N) is 1. The topological polar surface area (TPSA) is 71.3 Å². The Bertz CT molecular complexity index is 1490. The summed E-state index contributed by atoms with van der Waals surface area (Å²) in [6.45, 7) is 0.647. The van der Waals surface area contributed by atoms with Gasteiger partial charge in [0.25, 0.3) is 5.91 Å². The molecular weight excluding hydrogens is 543 g/mol. The minimum Gasteiger partial charge on any atom is -0.489 e. The summed E-state index contributed by atoms with van der Waals surface area (Å²) in [5.41, 5.74) is 2.94. The molecule has 0 saturated heterocycles. The molecule has 5 nitrogen and oxygen atoms in total. The molecular formula is C30H21Cl3N2O3. The molecule has 1 amide bonds. The van der Waals surface area contributed by atoms with E-state index < -0.39 is 5.91 Å². The number of nitrogens with zero attached hydrogens (tertiary/aromatic N) is 1. The summed E-state index contributed by atoms with van der Waals surface area (Å²) in [6, 6.07) is 28.6. The van der Waals surface area contributed by atoms with Crippen LogP contribution in [0.15, 0.2) is 96.6 Å². The first-order valence-corrected chi connectivity index (χ1v) is 12.6. The summed E-state index contributed by atoms with van der Waals surface area (Å²) in [4.78, 5) is 12.7. The zero-order valence-corrected chi connectivity index (χ0v) is 22.2. The molecule has 0 atom stereocenters. The van der Waals surface area contributed by atoms with Crippen molar-refractivity contribution in [2.45, 2.75) is 13.2 Å². The third-order valence-electron chi connectivity index (χ3n) is 5.41. The molecule has 8 heteroatoms. The van der Waals surface area contributed by atoms with Crippen LogP contribution in [0.25, 0.3) is 6.08 Å². The maximum Gasteiger partial charge on any atom is 0.266 e. The van der Waals surface area contributed by atoms with E-state index in [9.17, 15) is 10.1 Å². The van der Waals surface area contributed by atoms with Gasteiger partial charge in [0.1, 0.15) is 36.4 Å². The fourth-order valence-corrected chi connectivity index (χ4v) is 3.89. The van der Waals surface area contributed by atoms with E-state index >= 15 is 0 Å². The largest absolute Gasteiger partial charge is 0.489 e. The Balaban J connectivity index is 1.32. The summed E-state index contributed by atoms with van der Waals surface area (Å²) in [6.07, 6.45) is 1.51. The first-order chi connectivity index (χ1) is 18.4. The summed E-state index contributed by atoms with van der Waals surface area (Å²) >= 11 is 18.1. The number of ether oxygens (including phenoxy) is 2. The van der Waals surface area contributed by atoms with Crippen molar-refractivity contribution in [3.05, 3.63) is 128 Å². The highest BCUT2D eigenvalue weighted by Gasteiger charge is 2.10. The Morgan fingerprint density at radius 3 is 2.11 bits per heavy atom. The Morgan fingerprint density at radius 1 is 0.789 bits per heavy atom. The smallest absolute Gasteiger partial charge is 0.266 e. The van der Waals surface area contributed by atoms with Gasteiger partial charge in [0, 0.05) is 16.3 Å². The van der Waals surface area contributed by atoms with Gasteiger partial charge in [-0.2, -0.15) is 5.26 Å². The number of hydrogen-bond acceptors (Lipinski definition) is 4. The minimum atomic E-state index is -0.517. The van der Waals surface area contributed by atoms with Crippen molar-refractivity contribution in [1.82, 2.24) is 0 Å². The molecule has 190 valence electrons. The monoisotopic (exact) mass is 562 g/mol. The van der Waals surface area contributed by atoms with Crippen molar-refractivity contribution < 1.29 is 14.3 Å². The van der Waals surface area contributed by atoms with Crippen LogP contribution < -0.4 is 14.8 Å². The Morgan fingerprint density at radius 2 is 1.45 bits per heavy atom. The maximum absolute atomic E-state index is 12.7. The first-order valence-electron chi connectivity index (χ1n) is 11.5. The molecule has 38 heavy (non-hydrogen) atoms. The molecule has 1 N–H and O–H groups in total. The van der Waals surface area contributed by atoms with Gasteiger partial charge in [-0.25, -0.2) is 0 Å². The van der Waals surface area contributed by atoms with Gasteiger partial charge >= 0.3 is 0 Å². The molecule has 0 saturated carbocycles. The molecule has 4 rings (SSSR count). The van der Waals surface area contributed by atoms with Gasteiger partial charge in [-0.1, -0.05) is 71.2 Å². The van der Waals surface area contributed by atoms with Gasteiger partial charge in [-0.05, 0) is 71.8 Å². The van der Waals surface area contributed by atoms with Crippen molar-refractivity contribution in [2.75, 3.05) is 5.32 Å². The van der Waals surface area contributed by atoms with E-state index in [0.29, 0.717) is 51.0 Å². The highest BCUT2D eigenvalue weighted by molar-refractivity contribution is 6.42. The highest BCUT2D eigenvalue weighted by atomic mass is 35.5. The second-order valence-corrected chi connectivity index (χ2v) is 9.36. The van der Waals surface area contributed by atoms with Gasteiger partial charge in [0.2, 0.25) is 0 Å². The van der Waals surface area contributed by atoms with E-state index in [4.69, 9.17) is 44.3 Å². The van der Waals surface area contributed by atoms with E-state index in [0.717, 1.165) is 11.1 Å². The summed E-state index contributed by atoms with van der Waals surface area (Å²) in [5.74, 6) is 0.741. The van der Waals surface area contributed by atoms with Gasteiger partial charge in [0.05, 0.1) is 10.0 Å². The molecule has 4 aromatic rings. The molecule has 0 fully saturated rings. The van der Waals surface area contributed by atoms with Crippen LogP contribution in [0.3, 0.4) is 0 Å². The van der Waals surface area contributed by atoms with Crippen molar-refractivity contribution in [3.8, 4) is 17.6 Å². The summed E-state index contributed by atoms with van der Waals surface area (Å²) in [5, 5.41) is 13.9. The highest BCUT2D eigenvalue weighted by Crippen LogP contribution is 2.24. The van der Waals surface area contributed by atoms with Gasteiger partial charge in [-0.3, -0.25) is 4.79 Å². The second kappa shape index (κ2) is 13.0. The lowest BCUT2D eigenvalue weighted by atomic mass is 10.1. The number of carbonyl (C=O) groups excluding carboxylic acids is 1. The zero-order valence-electron chi connectivity index (χ0n) is 20.0. The summed E-state index contributed by atoms with van der Waals surface area (Å²) in [7, 11) is 0. The van der Waals surface area contributed by atoms with Crippen molar-refractivity contribution in [1.29, 1.82) is 5.26 Å². The minimum absolute atomic E-state index is 0.0338. The predicted octanol–water partition coefficient (Wildman–Crippen LogP) is 8.35. The van der Waals surface area contributed by atoms with Crippen LogP contribution in [0.1, 0.15) is 16.7 Å². The van der Waals surface area contributed by atoms with Crippen molar-refractivity contribution >= 4 is 52.5 Å². The predicted molar refractivity (Wildman–Crippen MR) is 152 cm³/mol. The number of nitriles is 1. The van der Waals surface area contributed by atoms with Crippen LogP contribution in [0.2, 0.25) is 15.1 Å². The first kappa shape index (κ1) is 27.1. The van der Waals surface area contributed by atoms with E-state index in [1.807, 2.05) is 30.3 Å². The van der Waals surface area contributed by atoms with E-state index in [-0.39, 0.29) is 5.57 Å². The SMILES string of the molecule is N#C/C(=C\c1ccc(OCc2ccc(Cl)c(Cl)c2)cc1)C(=O)Nc1ccc(OCc2ccccc2Cl)cc1. The molecule has 0 aliphatic carbocycles. The number of anilines is 1. The number of amides is 1. The maximum atomic E-state index is 12.7. The standard InChI is InChI=1S/C30H21Cl3N2O3/c31-27-4-2-1-3-22(27)19-38-26-12-8-24(9-13-26)35-30(36)23(17-34)15-20-5-10-25(11-6-20)37-18-21-7-14-28(32)29(33)16-21/h1-16H,18-19H2,(H,35,36)/b23-15+. The van der Waals surface area contributed by atoms with Gasteiger partial charge < -0.3 is 14.8 Å². The van der Waals surface area contributed by atoms with E-state index in [1.54, 1.807) is 66.7 Å². The van der Waals surface area contributed by atoms with Gasteiger partial charge in [0.15, 0.2) is 0 Å². The Labute approximate surface area is 235 Å². The molecule has 4 aromatic carbocycles. The number of rotatable bonds is 9. The van der Waals surface area contributed by atoms with Crippen LogP contribution in [0.5, 0.6) is 11.5 Å². The van der Waals surface area contributed by atoms with Crippen LogP contribution in [-0.4, -0.2) is 5.91 Å². The molecule has 0 aliphatic rings. The third kappa shape index (κ3) is 7.53. The Hall–Kier alpha value is -3.95. The lowest BCUT2D eigenvalue weighted by Gasteiger charge is -2.09. The fraction of sp³-hybridized carbons (Fsp3) is 0.0667. The quantitative estimate of drug-likeness (QED) is 0.164. The van der Waals surface area contributed by atoms with E-state index in [1.165, 1.54) is 6.08 Å². The average Bonchev–Trinajstić information content (AvgIpc) is 2.93. The molecule has 0 radical (unpaired) electrons. The number of halogens is 3. The second-order valence-electron chi connectivity index (χ2n) is 8.13. The van der Waals surface area contributed by atoms with Crippen LogP contribution >= 0.6 is 34.8 Å². The molecule has 0 aromatic heterocycles. The normalized spacial score (nSPS) is 10.9. The molecule has 0 unspecified atom stereocenters. The lowest BCUT2D eigenvalue weighted by Crippen LogP contribution is -2.13. The molecule has 0 aliphatic heterocycles. The zero-order chi connectivity index (χ0) is 26.9. The lowest BCUT2D eigenvalue weighted by molar-refractivity contribution is -0.112. The van der Waals surface area contributed by atoms with Crippen LogP contribution in [0.4, 0.5) is 5.69 Å². The molecule has 0 bridgehead atoms.